The standard InChI is InChI=1S/C26H26F3N3O/c1-19(21-7-6-20-4-2-3-5-22(20)18-21)12-13-31-14-16-32(17-15-31)25(33)30-24-10-8-23(9-11-24)26(27,28)29/h2-12,18H,13-17H2,1H3,(H,30,33)/b19-12+. The summed E-state index contributed by atoms with van der Waals surface area (Å²) in [5.41, 5.74) is 2.03. The number of carbonyl (C=O) groups excluding carboxylic acids is 1. The number of urea groups is 1. The van der Waals surface area contributed by atoms with Gasteiger partial charge >= 0.3 is 12.2 Å². The predicted octanol–water partition coefficient (Wildman–Crippen LogP) is 6.11. The van der Waals surface area contributed by atoms with Gasteiger partial charge in [0.25, 0.3) is 0 Å². The van der Waals surface area contributed by atoms with Crippen molar-refractivity contribution >= 4 is 28.1 Å². The van der Waals surface area contributed by atoms with E-state index >= 15 is 0 Å². The number of alkyl halides is 3. The maximum Gasteiger partial charge on any atom is 0.416 e. The highest BCUT2D eigenvalue weighted by Crippen LogP contribution is 2.30. The number of allylic oxidation sites excluding steroid dienone is 1. The molecule has 1 N–H and O–H groups in total. The van der Waals surface area contributed by atoms with Crippen LogP contribution in [0.5, 0.6) is 0 Å². The largest absolute Gasteiger partial charge is 0.416 e. The van der Waals surface area contributed by atoms with Crippen LogP contribution in [-0.4, -0.2) is 48.6 Å². The van der Waals surface area contributed by atoms with E-state index in [2.05, 4.69) is 53.5 Å². The van der Waals surface area contributed by atoms with Crippen LogP contribution >= 0.6 is 0 Å². The van der Waals surface area contributed by atoms with Gasteiger partial charge in [0, 0.05) is 38.4 Å². The quantitative estimate of drug-likeness (QED) is 0.517. The molecule has 0 bridgehead atoms. The van der Waals surface area contributed by atoms with E-state index in [0.29, 0.717) is 18.8 Å². The SMILES string of the molecule is C/C(=C\CN1CCN(C(=O)Nc2ccc(C(F)(F)F)cc2)CC1)c1ccc2ccccc2c1. The molecule has 4 nitrogen and oxygen atoms in total. The summed E-state index contributed by atoms with van der Waals surface area (Å²) in [6.45, 7) is 5.51. The Morgan fingerprint density at radius 1 is 0.939 bits per heavy atom. The number of anilines is 1. The molecule has 3 aromatic rings. The van der Waals surface area contributed by atoms with E-state index in [4.69, 9.17) is 0 Å². The summed E-state index contributed by atoms with van der Waals surface area (Å²) in [6.07, 6.45) is -2.18. The molecule has 1 heterocycles. The van der Waals surface area contributed by atoms with Crippen LogP contribution in [0.15, 0.2) is 72.8 Å². The first-order chi connectivity index (χ1) is 15.8. The normalized spacial score (nSPS) is 15.6. The smallest absolute Gasteiger partial charge is 0.322 e. The molecule has 0 aromatic heterocycles. The zero-order valence-electron chi connectivity index (χ0n) is 18.4. The van der Waals surface area contributed by atoms with Gasteiger partial charge in [-0.05, 0) is 59.2 Å². The number of hydrogen-bond donors (Lipinski definition) is 1. The Hall–Kier alpha value is -3.32. The van der Waals surface area contributed by atoms with Gasteiger partial charge in [0.05, 0.1) is 5.56 Å². The van der Waals surface area contributed by atoms with Crippen molar-refractivity contribution in [3.05, 3.63) is 83.9 Å². The lowest BCUT2D eigenvalue weighted by Gasteiger charge is -2.34. The Kier molecular flexibility index (Phi) is 6.70. The van der Waals surface area contributed by atoms with E-state index in [0.717, 1.165) is 31.8 Å². The second kappa shape index (κ2) is 9.67. The number of fused-ring (bicyclic) bond motifs is 1. The fourth-order valence-electron chi connectivity index (χ4n) is 3.90. The van der Waals surface area contributed by atoms with Crippen molar-refractivity contribution in [1.82, 2.24) is 9.80 Å². The molecule has 1 saturated heterocycles. The van der Waals surface area contributed by atoms with Gasteiger partial charge in [-0.15, -0.1) is 0 Å². The number of carbonyl (C=O) groups is 1. The second-order valence-electron chi connectivity index (χ2n) is 8.24. The molecule has 1 aliphatic heterocycles. The number of amides is 2. The Labute approximate surface area is 191 Å². The lowest BCUT2D eigenvalue weighted by atomic mass is 10.0. The van der Waals surface area contributed by atoms with Crippen LogP contribution in [0, 0.1) is 0 Å². The van der Waals surface area contributed by atoms with Crippen LogP contribution in [0.1, 0.15) is 18.1 Å². The molecule has 2 amide bonds. The fraction of sp³-hybridized carbons (Fsp3) is 0.269. The summed E-state index contributed by atoms with van der Waals surface area (Å²) >= 11 is 0. The van der Waals surface area contributed by atoms with Crippen LogP contribution < -0.4 is 5.32 Å². The Morgan fingerprint density at radius 2 is 1.61 bits per heavy atom. The molecule has 172 valence electrons. The molecule has 0 saturated carbocycles. The Bertz CT molecular complexity index is 1150. The number of benzene rings is 3. The van der Waals surface area contributed by atoms with E-state index in [-0.39, 0.29) is 6.03 Å². The molecule has 0 spiro atoms. The van der Waals surface area contributed by atoms with E-state index in [1.807, 2.05) is 12.1 Å². The maximum absolute atomic E-state index is 12.7. The van der Waals surface area contributed by atoms with Crippen LogP contribution in [0.4, 0.5) is 23.7 Å². The molecular formula is C26H26F3N3O. The zero-order valence-corrected chi connectivity index (χ0v) is 18.4. The van der Waals surface area contributed by atoms with E-state index in [9.17, 15) is 18.0 Å². The van der Waals surface area contributed by atoms with Gasteiger partial charge in [0.15, 0.2) is 0 Å². The van der Waals surface area contributed by atoms with Gasteiger partial charge in [0.1, 0.15) is 0 Å². The first-order valence-corrected chi connectivity index (χ1v) is 10.9. The highest BCUT2D eigenvalue weighted by atomic mass is 19.4. The lowest BCUT2D eigenvalue weighted by Crippen LogP contribution is -2.49. The monoisotopic (exact) mass is 453 g/mol. The van der Waals surface area contributed by atoms with Gasteiger partial charge in [-0.3, -0.25) is 4.90 Å². The molecule has 33 heavy (non-hydrogen) atoms. The topological polar surface area (TPSA) is 35.6 Å². The summed E-state index contributed by atoms with van der Waals surface area (Å²) in [4.78, 5) is 16.4. The molecule has 1 aliphatic rings. The molecule has 0 radical (unpaired) electrons. The summed E-state index contributed by atoms with van der Waals surface area (Å²) in [5, 5.41) is 5.12. The number of hydrogen-bond acceptors (Lipinski definition) is 2. The van der Waals surface area contributed by atoms with Crippen LogP contribution in [0.3, 0.4) is 0 Å². The van der Waals surface area contributed by atoms with Gasteiger partial charge in [-0.25, -0.2) is 4.79 Å². The summed E-state index contributed by atoms with van der Waals surface area (Å²) in [6, 6.07) is 19.0. The predicted molar refractivity (Wildman–Crippen MR) is 126 cm³/mol. The van der Waals surface area contributed by atoms with E-state index in [1.54, 1.807) is 4.90 Å². The third kappa shape index (κ3) is 5.73. The minimum atomic E-state index is -4.39. The van der Waals surface area contributed by atoms with Crippen molar-refractivity contribution in [2.75, 3.05) is 38.0 Å². The zero-order chi connectivity index (χ0) is 23.4. The number of nitrogens with one attached hydrogen (secondary N) is 1. The minimum absolute atomic E-state index is 0.294. The van der Waals surface area contributed by atoms with Crippen molar-refractivity contribution in [1.29, 1.82) is 0 Å². The van der Waals surface area contributed by atoms with Gasteiger partial charge in [-0.2, -0.15) is 13.2 Å². The number of rotatable bonds is 4. The molecule has 1 fully saturated rings. The van der Waals surface area contributed by atoms with E-state index < -0.39 is 11.7 Å². The molecule has 0 aliphatic carbocycles. The average Bonchev–Trinajstić information content (AvgIpc) is 2.82. The van der Waals surface area contributed by atoms with Crippen molar-refractivity contribution in [3.63, 3.8) is 0 Å². The van der Waals surface area contributed by atoms with Crippen molar-refractivity contribution in [2.24, 2.45) is 0 Å². The molecule has 4 rings (SSSR count). The highest BCUT2D eigenvalue weighted by molar-refractivity contribution is 5.89. The minimum Gasteiger partial charge on any atom is -0.322 e. The molecular weight excluding hydrogens is 427 g/mol. The molecule has 0 unspecified atom stereocenters. The highest BCUT2D eigenvalue weighted by Gasteiger charge is 2.30. The second-order valence-corrected chi connectivity index (χ2v) is 8.24. The van der Waals surface area contributed by atoms with Crippen molar-refractivity contribution in [2.45, 2.75) is 13.1 Å². The number of nitrogens with zero attached hydrogens (tertiary/aromatic N) is 2. The maximum atomic E-state index is 12.7. The third-order valence-electron chi connectivity index (χ3n) is 5.98. The summed E-state index contributed by atoms with van der Waals surface area (Å²) in [5.74, 6) is 0. The van der Waals surface area contributed by atoms with Gasteiger partial charge in [0.2, 0.25) is 0 Å². The first-order valence-electron chi connectivity index (χ1n) is 10.9. The molecule has 0 atom stereocenters. The van der Waals surface area contributed by atoms with Crippen LogP contribution in [0.2, 0.25) is 0 Å². The van der Waals surface area contributed by atoms with Crippen LogP contribution in [0.25, 0.3) is 16.3 Å². The fourth-order valence-corrected chi connectivity index (χ4v) is 3.90. The average molecular weight is 454 g/mol. The number of halogens is 3. The summed E-state index contributed by atoms with van der Waals surface area (Å²) in [7, 11) is 0. The molecule has 7 heteroatoms. The first kappa shape index (κ1) is 22.9. The van der Waals surface area contributed by atoms with Gasteiger partial charge < -0.3 is 10.2 Å². The lowest BCUT2D eigenvalue weighted by molar-refractivity contribution is -0.137. The van der Waals surface area contributed by atoms with Crippen molar-refractivity contribution < 1.29 is 18.0 Å². The number of piperazine rings is 1. The van der Waals surface area contributed by atoms with E-state index in [1.165, 1.54) is 34.0 Å². The van der Waals surface area contributed by atoms with Crippen LogP contribution in [-0.2, 0) is 6.18 Å². The summed E-state index contributed by atoms with van der Waals surface area (Å²) < 4.78 is 38.0. The Balaban J connectivity index is 1.28. The van der Waals surface area contributed by atoms with Gasteiger partial charge in [-0.1, -0.05) is 42.5 Å². The molecule has 3 aromatic carbocycles. The Morgan fingerprint density at radius 3 is 2.27 bits per heavy atom. The van der Waals surface area contributed by atoms with Crippen molar-refractivity contribution in [3.8, 4) is 0 Å². The third-order valence-corrected chi connectivity index (χ3v) is 5.98.